The number of hydrogen-bond acceptors (Lipinski definition) is 1. The lowest BCUT2D eigenvalue weighted by molar-refractivity contribution is 0.756. The second-order valence-electron chi connectivity index (χ2n) is 18.4. The molecule has 10 aromatic carbocycles. The molecule has 0 N–H and O–H groups in total. The van der Waals surface area contributed by atoms with Crippen molar-refractivity contribution >= 4 is 22.6 Å². The maximum Gasteiger partial charge on any atom is 0.0974 e. The molecule has 0 radical (unpaired) electrons. The fraction of sp³-hybridized carbons (Fsp3) is 0.0588. The van der Waals surface area contributed by atoms with Crippen LogP contribution in [0.1, 0.15) is 57.3 Å². The molecule has 0 fully saturated rings. The zero-order valence-corrected chi connectivity index (χ0v) is 38.2. The van der Waals surface area contributed by atoms with Crippen molar-refractivity contribution in [2.75, 3.05) is 4.90 Å². The van der Waals surface area contributed by atoms with Crippen LogP contribution in [-0.2, 0) is 10.8 Å². The van der Waals surface area contributed by atoms with Gasteiger partial charge in [0.2, 0.25) is 0 Å². The Bertz CT molecular complexity index is 3470. The smallest absolute Gasteiger partial charge is 0.0974 e. The normalized spacial score (nSPS) is 14.6. The Labute approximate surface area is 405 Å². The summed E-state index contributed by atoms with van der Waals surface area (Å²) in [6, 6.07) is 98.8. The van der Waals surface area contributed by atoms with Crippen LogP contribution >= 0.6 is 0 Å². The molecule has 0 unspecified atom stereocenters. The van der Waals surface area contributed by atoms with Crippen molar-refractivity contribution in [2.45, 2.75) is 23.7 Å². The van der Waals surface area contributed by atoms with Crippen LogP contribution in [0.15, 0.2) is 266 Å². The van der Waals surface area contributed by atoms with E-state index in [0.29, 0.717) is 0 Å². The van der Waals surface area contributed by atoms with Crippen LogP contribution in [-0.4, -0.2) is 0 Å². The van der Waals surface area contributed by atoms with E-state index < -0.39 is 10.8 Å². The van der Waals surface area contributed by atoms with Gasteiger partial charge in [-0.1, -0.05) is 231 Å². The van der Waals surface area contributed by atoms with Gasteiger partial charge in [-0.2, -0.15) is 0 Å². The van der Waals surface area contributed by atoms with Crippen molar-refractivity contribution in [3.05, 3.63) is 323 Å². The summed E-state index contributed by atoms with van der Waals surface area (Å²) in [4.78, 5) is 2.41. The molecule has 0 atom stereocenters. The molecule has 0 saturated carbocycles. The Morgan fingerprint density at radius 2 is 0.928 bits per heavy atom. The molecule has 324 valence electrons. The molecule has 13 rings (SSSR count). The van der Waals surface area contributed by atoms with E-state index in [1.165, 1.54) is 77.9 Å². The summed E-state index contributed by atoms with van der Waals surface area (Å²) in [5.74, 6) is 0. The topological polar surface area (TPSA) is 3.24 Å². The first-order valence-electron chi connectivity index (χ1n) is 24.1. The highest BCUT2D eigenvalue weighted by Crippen LogP contribution is 2.60. The monoisotopic (exact) mass is 877 g/mol. The van der Waals surface area contributed by atoms with E-state index in [9.17, 15) is 0 Å². The molecule has 0 spiro atoms. The van der Waals surface area contributed by atoms with Crippen LogP contribution in [0.3, 0.4) is 0 Å². The predicted octanol–water partition coefficient (Wildman–Crippen LogP) is 16.9. The van der Waals surface area contributed by atoms with Gasteiger partial charge in [0.1, 0.15) is 0 Å². The highest BCUT2D eigenvalue weighted by atomic mass is 15.1. The Morgan fingerprint density at radius 3 is 1.55 bits per heavy atom. The van der Waals surface area contributed by atoms with Crippen molar-refractivity contribution in [3.63, 3.8) is 0 Å². The van der Waals surface area contributed by atoms with Crippen molar-refractivity contribution in [3.8, 4) is 33.4 Å². The number of anilines is 3. The molecular formula is C68H47N. The summed E-state index contributed by atoms with van der Waals surface area (Å²) in [6.07, 6.45) is 6.74. The number of benzene rings is 9. The lowest BCUT2D eigenvalue weighted by Gasteiger charge is -2.35. The maximum atomic E-state index is 3.77. The molecule has 69 heavy (non-hydrogen) atoms. The maximum absolute atomic E-state index is 3.77. The molecule has 1 heteroatoms. The number of fused-ring (bicyclic) bond motifs is 5. The molecule has 3 aliphatic rings. The lowest BCUT2D eigenvalue weighted by Crippen LogP contribution is -2.29. The number of rotatable bonds is 9. The summed E-state index contributed by atoms with van der Waals surface area (Å²) < 4.78 is 0. The molecule has 0 heterocycles. The Kier molecular flexibility index (Phi) is 9.74. The van der Waals surface area contributed by atoms with Crippen molar-refractivity contribution in [1.29, 1.82) is 0 Å². The van der Waals surface area contributed by atoms with E-state index in [-0.39, 0.29) is 0 Å². The Morgan fingerprint density at radius 1 is 0.391 bits per heavy atom. The third kappa shape index (κ3) is 6.26. The molecule has 10 aromatic rings. The average Bonchev–Trinajstić information content (AvgIpc) is 3.91. The molecule has 0 amide bonds. The second kappa shape index (κ2) is 16.6. The second-order valence-corrected chi connectivity index (χ2v) is 18.4. The molecule has 0 aromatic heterocycles. The molecule has 0 bridgehead atoms. The van der Waals surface area contributed by atoms with E-state index in [1.54, 1.807) is 0 Å². The van der Waals surface area contributed by atoms with Crippen LogP contribution in [0, 0.1) is 12.1 Å². The van der Waals surface area contributed by atoms with Crippen LogP contribution in [0.5, 0.6) is 0 Å². The van der Waals surface area contributed by atoms with E-state index >= 15 is 0 Å². The van der Waals surface area contributed by atoms with Crippen LogP contribution in [0.25, 0.3) is 39.0 Å². The fourth-order valence-corrected chi connectivity index (χ4v) is 12.1. The van der Waals surface area contributed by atoms with Gasteiger partial charge in [0.25, 0.3) is 0 Å². The van der Waals surface area contributed by atoms with Gasteiger partial charge in [-0.3, -0.25) is 0 Å². The van der Waals surface area contributed by atoms with E-state index in [0.717, 1.165) is 41.0 Å². The minimum atomic E-state index is -0.485. The van der Waals surface area contributed by atoms with Crippen molar-refractivity contribution in [1.82, 2.24) is 0 Å². The number of allylic oxidation sites excluding steroid dienone is 4. The van der Waals surface area contributed by atoms with Gasteiger partial charge in [0.15, 0.2) is 0 Å². The summed E-state index contributed by atoms with van der Waals surface area (Å²) in [5, 5.41) is 0. The highest BCUT2D eigenvalue weighted by molar-refractivity contribution is 5.97. The van der Waals surface area contributed by atoms with Crippen LogP contribution in [0.2, 0.25) is 0 Å². The van der Waals surface area contributed by atoms with Crippen LogP contribution in [0.4, 0.5) is 17.1 Å². The van der Waals surface area contributed by atoms with Gasteiger partial charge in [-0.25, -0.2) is 0 Å². The van der Waals surface area contributed by atoms with Gasteiger partial charge in [-0.15, -0.1) is 0 Å². The van der Waals surface area contributed by atoms with E-state index in [2.05, 4.69) is 278 Å². The zero-order chi connectivity index (χ0) is 45.8. The minimum absolute atomic E-state index is 0.482. The summed E-state index contributed by atoms with van der Waals surface area (Å²) in [6.45, 7) is 0. The predicted molar refractivity (Wildman–Crippen MR) is 285 cm³/mol. The Hall–Kier alpha value is -8.70. The first-order chi connectivity index (χ1) is 34.2. The van der Waals surface area contributed by atoms with Crippen LogP contribution < -0.4 is 4.90 Å². The minimum Gasteiger partial charge on any atom is -0.303 e. The molecule has 0 saturated heterocycles. The lowest BCUT2D eigenvalue weighted by atomic mass is 9.66. The van der Waals surface area contributed by atoms with Gasteiger partial charge >= 0.3 is 0 Å². The Balaban J connectivity index is 0.989. The third-order valence-electron chi connectivity index (χ3n) is 15.0. The first kappa shape index (κ1) is 40.6. The van der Waals surface area contributed by atoms with Gasteiger partial charge in [0, 0.05) is 16.8 Å². The third-order valence-corrected chi connectivity index (χ3v) is 15.0. The highest BCUT2D eigenvalue weighted by Gasteiger charge is 2.49. The largest absolute Gasteiger partial charge is 0.303 e. The number of hydrogen-bond donors (Lipinski definition) is 0. The standard InChI is InChI=1S/C68H47N/c1-6-21-48(22-7-1)49-37-42-56(43-38-49)69(65-36-20-35-63-66(65)60-32-17-19-34-62(60)67(63,52-23-8-2-9-24-52)53-25-10-3-11-26-53)57-44-39-50(40-45-57)51-41-46-59-58-31-16-18-33-61(58)68(64(59)47-51,54-27-12-4-13-28-54)55-29-14-5-15-30-55/h1-16,18-31,33-39,41-44,46-47H,17,32H2. The van der Waals surface area contributed by atoms with Gasteiger partial charge in [0.05, 0.1) is 22.2 Å². The molecule has 0 aliphatic heterocycles. The summed E-state index contributed by atoms with van der Waals surface area (Å²) in [5.41, 5.74) is 22.2. The van der Waals surface area contributed by atoms with E-state index in [1.807, 2.05) is 0 Å². The first-order valence-corrected chi connectivity index (χ1v) is 24.1. The number of nitrogens with zero attached hydrogens (tertiary/aromatic N) is 1. The van der Waals surface area contributed by atoms with Crippen molar-refractivity contribution in [2.24, 2.45) is 0 Å². The van der Waals surface area contributed by atoms with Crippen molar-refractivity contribution < 1.29 is 0 Å². The zero-order valence-electron chi connectivity index (χ0n) is 38.2. The molecule has 3 aliphatic carbocycles. The van der Waals surface area contributed by atoms with E-state index in [4.69, 9.17) is 0 Å². The molecule has 1 nitrogen and oxygen atoms in total. The average molecular weight is 878 g/mol. The van der Waals surface area contributed by atoms with Gasteiger partial charge < -0.3 is 4.90 Å². The summed E-state index contributed by atoms with van der Waals surface area (Å²) in [7, 11) is 0. The quantitative estimate of drug-likeness (QED) is 0.140. The fourth-order valence-electron chi connectivity index (χ4n) is 12.1. The van der Waals surface area contributed by atoms with Gasteiger partial charge in [-0.05, 0) is 133 Å². The SMILES string of the molecule is c1c(-c2ccc3c(c2)C(c2ccccc2)(c2ccccc2)c2ccccc2-3)ccc(N(c2ccc(-c3ccccc3)cc2)c2cccc3c2C2=C(C=CCC2)C3(c2ccccc2)c2ccccc2)c#1. The molecular weight excluding hydrogens is 831 g/mol. The summed E-state index contributed by atoms with van der Waals surface area (Å²) >= 11 is 0.